The van der Waals surface area contributed by atoms with E-state index >= 15 is 0 Å². The van der Waals surface area contributed by atoms with Gasteiger partial charge in [0.05, 0.1) is 22.6 Å². The lowest BCUT2D eigenvalue weighted by Gasteiger charge is -2.25. The van der Waals surface area contributed by atoms with Crippen LogP contribution in [0.25, 0.3) is 22.5 Å². The van der Waals surface area contributed by atoms with Crippen LogP contribution in [0.15, 0.2) is 48.1 Å². The third kappa shape index (κ3) is 3.17. The number of rotatable bonds is 4. The molecule has 0 amide bonds. The molecule has 3 heterocycles. The second-order valence-electron chi connectivity index (χ2n) is 6.47. The molecule has 0 saturated carbocycles. The minimum Gasteiger partial charge on any atom is -0.326 e. The van der Waals surface area contributed by atoms with Crippen LogP contribution >= 0.6 is 11.3 Å². The Kier molecular flexibility index (Phi) is 4.51. The summed E-state index contributed by atoms with van der Waals surface area (Å²) in [6, 6.07) is 12.7. The fourth-order valence-corrected chi connectivity index (χ4v) is 4.24. The van der Waals surface area contributed by atoms with Gasteiger partial charge in [-0.05, 0) is 32.4 Å². The number of carbonyl (C=O) groups is 1. The molecule has 1 aliphatic rings. The second-order valence-corrected chi connectivity index (χ2v) is 7.38. The summed E-state index contributed by atoms with van der Waals surface area (Å²) in [6.07, 6.45) is 4.28. The van der Waals surface area contributed by atoms with E-state index in [1.165, 1.54) is 17.8 Å². The van der Waals surface area contributed by atoms with Gasteiger partial charge in [-0.2, -0.15) is 0 Å². The van der Waals surface area contributed by atoms with Crippen molar-refractivity contribution in [3.05, 3.63) is 53.0 Å². The molecule has 25 heavy (non-hydrogen) atoms. The van der Waals surface area contributed by atoms with Crippen molar-refractivity contribution in [3.8, 4) is 22.5 Å². The van der Waals surface area contributed by atoms with Crippen molar-refractivity contribution in [2.45, 2.75) is 25.8 Å². The van der Waals surface area contributed by atoms with Gasteiger partial charge in [-0.3, -0.25) is 4.79 Å². The van der Waals surface area contributed by atoms with Crippen LogP contribution in [0, 0.1) is 0 Å². The normalized spacial score (nSPS) is 17.6. The zero-order valence-corrected chi connectivity index (χ0v) is 15.1. The standard InChI is InChI=1S/C20H21N3OS/c1-14(24)18-10-16(12-25-18)20-19(15-6-3-2-4-7-15)22-13-23(20)17-8-5-9-21-11-17/h2-4,6-7,10,12-13,17,21H,5,8-9,11H2,1H3/t17-/m1/s1. The van der Waals surface area contributed by atoms with E-state index in [2.05, 4.69) is 27.4 Å². The molecule has 1 N–H and O–H groups in total. The molecule has 1 aliphatic heterocycles. The van der Waals surface area contributed by atoms with Gasteiger partial charge in [-0.15, -0.1) is 11.3 Å². The van der Waals surface area contributed by atoms with Gasteiger partial charge >= 0.3 is 0 Å². The fourth-order valence-electron chi connectivity index (χ4n) is 3.45. The summed E-state index contributed by atoms with van der Waals surface area (Å²) in [4.78, 5) is 17.3. The van der Waals surface area contributed by atoms with Crippen molar-refractivity contribution in [1.29, 1.82) is 0 Å². The predicted octanol–water partition coefficient (Wildman–Crippen LogP) is 4.41. The summed E-state index contributed by atoms with van der Waals surface area (Å²) in [5, 5.41) is 5.56. The van der Waals surface area contributed by atoms with Crippen LogP contribution in [0.2, 0.25) is 0 Å². The number of carbonyl (C=O) groups excluding carboxylic acids is 1. The molecule has 1 fully saturated rings. The first-order valence-corrected chi connectivity index (χ1v) is 9.55. The fraction of sp³-hybridized carbons (Fsp3) is 0.300. The maximum atomic E-state index is 11.7. The van der Waals surface area contributed by atoms with Gasteiger partial charge in [0, 0.05) is 29.1 Å². The Balaban J connectivity index is 1.85. The highest BCUT2D eigenvalue weighted by Gasteiger charge is 2.23. The van der Waals surface area contributed by atoms with E-state index in [4.69, 9.17) is 4.98 Å². The number of benzene rings is 1. The summed E-state index contributed by atoms with van der Waals surface area (Å²) in [7, 11) is 0. The van der Waals surface area contributed by atoms with Gasteiger partial charge in [0.25, 0.3) is 0 Å². The van der Waals surface area contributed by atoms with E-state index in [1.54, 1.807) is 6.92 Å². The van der Waals surface area contributed by atoms with Crippen molar-refractivity contribution in [2.75, 3.05) is 13.1 Å². The van der Waals surface area contributed by atoms with Crippen LogP contribution < -0.4 is 5.32 Å². The number of hydrogen-bond acceptors (Lipinski definition) is 4. The minimum absolute atomic E-state index is 0.114. The number of Topliss-reactive ketones (excluding diaryl/α,β-unsaturated/α-hetero) is 1. The Morgan fingerprint density at radius 3 is 2.80 bits per heavy atom. The minimum atomic E-state index is 0.114. The maximum Gasteiger partial charge on any atom is 0.169 e. The zero-order valence-electron chi connectivity index (χ0n) is 14.2. The van der Waals surface area contributed by atoms with Gasteiger partial charge in [0.2, 0.25) is 0 Å². The van der Waals surface area contributed by atoms with Crippen molar-refractivity contribution in [1.82, 2.24) is 14.9 Å². The van der Waals surface area contributed by atoms with Crippen molar-refractivity contribution in [2.24, 2.45) is 0 Å². The van der Waals surface area contributed by atoms with Gasteiger partial charge in [-0.25, -0.2) is 4.98 Å². The number of ketones is 1. The average molecular weight is 351 g/mol. The molecule has 0 spiro atoms. The van der Waals surface area contributed by atoms with E-state index in [9.17, 15) is 4.79 Å². The first-order valence-electron chi connectivity index (χ1n) is 8.67. The van der Waals surface area contributed by atoms with Crippen LogP contribution in [0.5, 0.6) is 0 Å². The molecule has 0 unspecified atom stereocenters. The highest BCUT2D eigenvalue weighted by molar-refractivity contribution is 7.12. The van der Waals surface area contributed by atoms with Crippen LogP contribution in [-0.4, -0.2) is 28.4 Å². The van der Waals surface area contributed by atoms with E-state index in [0.717, 1.165) is 46.9 Å². The Hall–Kier alpha value is -2.24. The molecule has 4 rings (SSSR count). The highest BCUT2D eigenvalue weighted by atomic mass is 32.1. The van der Waals surface area contributed by atoms with Gasteiger partial charge < -0.3 is 9.88 Å². The van der Waals surface area contributed by atoms with Gasteiger partial charge in [0.1, 0.15) is 0 Å². The number of thiophene rings is 1. The van der Waals surface area contributed by atoms with Crippen molar-refractivity contribution < 1.29 is 4.79 Å². The lowest BCUT2D eigenvalue weighted by Crippen LogP contribution is -2.31. The molecule has 1 atom stereocenters. The zero-order chi connectivity index (χ0) is 17.2. The number of nitrogens with one attached hydrogen (secondary N) is 1. The molecule has 3 aromatic rings. The van der Waals surface area contributed by atoms with Gasteiger partial charge in [-0.1, -0.05) is 30.3 Å². The molecule has 1 aromatic carbocycles. The number of nitrogens with zero attached hydrogens (tertiary/aromatic N) is 2. The predicted molar refractivity (Wildman–Crippen MR) is 102 cm³/mol. The highest BCUT2D eigenvalue weighted by Crippen LogP contribution is 2.36. The molecule has 2 aromatic heterocycles. The molecule has 5 heteroatoms. The molecule has 1 saturated heterocycles. The summed E-state index contributed by atoms with van der Waals surface area (Å²) in [5.41, 5.74) is 4.29. The molecule has 4 nitrogen and oxygen atoms in total. The third-order valence-corrected chi connectivity index (χ3v) is 5.76. The Bertz CT molecular complexity index is 875. The third-order valence-electron chi connectivity index (χ3n) is 4.73. The SMILES string of the molecule is CC(=O)c1cc(-c2c(-c3ccccc3)ncn2[C@@H]2CCCNC2)cs1. The lowest BCUT2D eigenvalue weighted by molar-refractivity contribution is 0.102. The van der Waals surface area contributed by atoms with E-state index in [1.807, 2.05) is 30.6 Å². The molecule has 0 aliphatic carbocycles. The molecule has 0 bridgehead atoms. The van der Waals surface area contributed by atoms with Gasteiger partial charge in [0.15, 0.2) is 5.78 Å². The molecular weight excluding hydrogens is 330 g/mol. The number of piperidine rings is 1. The first-order chi connectivity index (χ1) is 12.2. The summed E-state index contributed by atoms with van der Waals surface area (Å²) in [6.45, 7) is 3.66. The number of hydrogen-bond donors (Lipinski definition) is 1. The number of aromatic nitrogens is 2. The van der Waals surface area contributed by atoms with E-state index in [-0.39, 0.29) is 5.78 Å². The van der Waals surface area contributed by atoms with Crippen LogP contribution in [0.3, 0.4) is 0 Å². The first kappa shape index (κ1) is 16.2. The maximum absolute atomic E-state index is 11.7. The summed E-state index contributed by atoms with van der Waals surface area (Å²) in [5.74, 6) is 0.114. The molecule has 0 radical (unpaired) electrons. The molecular formula is C20H21N3OS. The van der Waals surface area contributed by atoms with E-state index < -0.39 is 0 Å². The Morgan fingerprint density at radius 1 is 1.28 bits per heavy atom. The smallest absolute Gasteiger partial charge is 0.169 e. The monoisotopic (exact) mass is 351 g/mol. The quantitative estimate of drug-likeness (QED) is 0.709. The van der Waals surface area contributed by atoms with Crippen molar-refractivity contribution >= 4 is 17.1 Å². The number of imidazole rings is 1. The molecule has 128 valence electrons. The summed E-state index contributed by atoms with van der Waals surface area (Å²) < 4.78 is 2.29. The Labute approximate surface area is 151 Å². The second kappa shape index (κ2) is 6.94. The van der Waals surface area contributed by atoms with Crippen molar-refractivity contribution in [3.63, 3.8) is 0 Å². The average Bonchev–Trinajstić information content (AvgIpc) is 3.30. The topological polar surface area (TPSA) is 46.9 Å². The van der Waals surface area contributed by atoms with Crippen LogP contribution in [0.1, 0.15) is 35.5 Å². The Morgan fingerprint density at radius 2 is 2.12 bits per heavy atom. The van der Waals surface area contributed by atoms with E-state index in [0.29, 0.717) is 6.04 Å². The lowest BCUT2D eigenvalue weighted by atomic mass is 10.0. The van der Waals surface area contributed by atoms with Crippen LogP contribution in [-0.2, 0) is 0 Å². The largest absolute Gasteiger partial charge is 0.326 e. The van der Waals surface area contributed by atoms with Crippen LogP contribution in [0.4, 0.5) is 0 Å². The summed E-state index contributed by atoms with van der Waals surface area (Å²) >= 11 is 1.51.